The fourth-order valence-corrected chi connectivity index (χ4v) is 7.57. The lowest BCUT2D eigenvalue weighted by molar-refractivity contribution is -0.148. The molecule has 5 rings (SSSR count). The fraction of sp³-hybridized carbons (Fsp3) is 0.472. The number of rotatable bonds is 12. The molecule has 0 bridgehead atoms. The molecule has 1 N–H and O–H groups in total. The molecule has 0 amide bonds. The number of carbonyl (C=O) groups is 1. The van der Waals surface area contributed by atoms with Crippen LogP contribution in [0.5, 0.6) is 5.75 Å². The topological polar surface area (TPSA) is 66.0 Å². The van der Waals surface area contributed by atoms with Crippen molar-refractivity contribution in [1.82, 2.24) is 0 Å². The lowest BCUT2D eigenvalue weighted by atomic mass is 9.59. The summed E-state index contributed by atoms with van der Waals surface area (Å²) in [5.74, 6) is 1.49. The maximum Gasteiger partial charge on any atom is 0.331 e. The van der Waals surface area contributed by atoms with Gasteiger partial charge in [-0.05, 0) is 108 Å². The Labute approximate surface area is 261 Å². The van der Waals surface area contributed by atoms with E-state index in [-0.39, 0.29) is 11.4 Å². The number of esters is 1. The Morgan fingerprint density at radius 1 is 0.953 bits per heavy atom. The molecule has 2 aliphatic carbocycles. The summed E-state index contributed by atoms with van der Waals surface area (Å²) in [6, 6.07) is 22.5. The smallest absolute Gasteiger partial charge is 0.331 e. The van der Waals surface area contributed by atoms with Gasteiger partial charge in [0.2, 0.25) is 0 Å². The number of halogens is 1. The summed E-state index contributed by atoms with van der Waals surface area (Å²) < 4.78 is 22.3. The van der Waals surface area contributed by atoms with E-state index >= 15 is 0 Å². The molecular weight excluding hydrogens is 562 g/mol. The molecule has 1 saturated carbocycles. The Balaban J connectivity index is 1.34. The van der Waals surface area contributed by atoms with E-state index in [0.29, 0.717) is 49.5 Å². The molecule has 1 unspecified atom stereocenters. The first-order chi connectivity index (χ1) is 20.8. The lowest BCUT2D eigenvalue weighted by Gasteiger charge is -2.48. The summed E-state index contributed by atoms with van der Waals surface area (Å²) in [6.07, 6.45) is 5.24. The highest BCUT2D eigenvalue weighted by Crippen LogP contribution is 2.56. The summed E-state index contributed by atoms with van der Waals surface area (Å²) in [6.45, 7) is 4.17. The molecule has 3 aromatic carbocycles. The van der Waals surface area contributed by atoms with Crippen LogP contribution >= 0.6 is 11.6 Å². The Hall–Kier alpha value is -3.06. The van der Waals surface area contributed by atoms with E-state index in [1.54, 1.807) is 14.2 Å². The number of carbonyl (C=O) groups excluding carboxylic acids is 1. The maximum atomic E-state index is 13.3. The zero-order valence-corrected chi connectivity index (χ0v) is 26.5. The van der Waals surface area contributed by atoms with Crippen LogP contribution in [0.3, 0.4) is 0 Å². The van der Waals surface area contributed by atoms with Gasteiger partial charge in [0.05, 0.1) is 27.4 Å². The first-order valence-corrected chi connectivity index (χ1v) is 15.6. The van der Waals surface area contributed by atoms with Gasteiger partial charge < -0.3 is 24.3 Å². The zero-order chi connectivity index (χ0) is 30.5. The van der Waals surface area contributed by atoms with E-state index in [1.807, 2.05) is 36.4 Å². The highest BCUT2D eigenvalue weighted by molar-refractivity contribution is 6.30. The third-order valence-electron chi connectivity index (χ3n) is 9.57. The minimum atomic E-state index is -0.796. The maximum absolute atomic E-state index is 13.3. The molecule has 43 heavy (non-hydrogen) atoms. The van der Waals surface area contributed by atoms with Gasteiger partial charge in [0.15, 0.2) is 0 Å². The van der Waals surface area contributed by atoms with Crippen LogP contribution in [0.15, 0.2) is 66.7 Å². The molecule has 0 aliphatic heterocycles. The molecule has 6 nitrogen and oxygen atoms in total. The second-order valence-corrected chi connectivity index (χ2v) is 12.8. The van der Waals surface area contributed by atoms with E-state index in [0.717, 1.165) is 42.7 Å². The summed E-state index contributed by atoms with van der Waals surface area (Å²) in [4.78, 5) is 13.3. The minimum Gasteiger partial charge on any atom is -0.497 e. The van der Waals surface area contributed by atoms with Crippen molar-refractivity contribution in [2.45, 2.75) is 69.6 Å². The second kappa shape index (κ2) is 13.7. The number of fused-ring (bicyclic) bond motifs is 2. The van der Waals surface area contributed by atoms with Gasteiger partial charge in [-0.15, -0.1) is 0 Å². The van der Waals surface area contributed by atoms with Crippen LogP contribution in [0.2, 0.25) is 5.02 Å². The van der Waals surface area contributed by atoms with Gasteiger partial charge in [-0.1, -0.05) is 54.9 Å². The number of hydrogen-bond acceptors (Lipinski definition) is 6. The first kappa shape index (κ1) is 31.4. The highest BCUT2D eigenvalue weighted by Gasteiger charge is 2.54. The van der Waals surface area contributed by atoms with Crippen molar-refractivity contribution < 1.29 is 23.7 Å². The van der Waals surface area contributed by atoms with Crippen molar-refractivity contribution in [2.24, 2.45) is 11.8 Å². The van der Waals surface area contributed by atoms with Crippen molar-refractivity contribution in [1.29, 1.82) is 0 Å². The van der Waals surface area contributed by atoms with Gasteiger partial charge >= 0.3 is 5.97 Å². The van der Waals surface area contributed by atoms with Crippen molar-refractivity contribution in [3.05, 3.63) is 94.0 Å². The molecule has 0 heterocycles. The van der Waals surface area contributed by atoms with E-state index in [2.05, 4.69) is 42.6 Å². The van der Waals surface area contributed by atoms with Crippen molar-refractivity contribution >= 4 is 23.3 Å². The Kier molecular flexibility index (Phi) is 10.0. The zero-order valence-electron chi connectivity index (χ0n) is 25.8. The van der Waals surface area contributed by atoms with Crippen LogP contribution in [0.1, 0.15) is 61.3 Å². The summed E-state index contributed by atoms with van der Waals surface area (Å²) in [5.41, 5.74) is 5.21. The van der Waals surface area contributed by atoms with Crippen LogP contribution in [0.4, 0.5) is 5.69 Å². The fourth-order valence-electron chi connectivity index (χ4n) is 7.38. The molecule has 230 valence electrons. The van der Waals surface area contributed by atoms with E-state index in [9.17, 15) is 4.79 Å². The summed E-state index contributed by atoms with van der Waals surface area (Å²) in [7, 11) is 4.90. The van der Waals surface area contributed by atoms with Gasteiger partial charge in [-0.3, -0.25) is 0 Å². The molecule has 1 fully saturated rings. The van der Waals surface area contributed by atoms with Crippen LogP contribution in [-0.4, -0.2) is 39.4 Å². The Morgan fingerprint density at radius 3 is 2.37 bits per heavy atom. The van der Waals surface area contributed by atoms with Crippen LogP contribution < -0.4 is 10.1 Å². The molecule has 0 radical (unpaired) electrons. The average molecular weight is 606 g/mol. The number of ether oxygens (including phenoxy) is 4. The largest absolute Gasteiger partial charge is 0.497 e. The predicted molar refractivity (Wildman–Crippen MR) is 171 cm³/mol. The van der Waals surface area contributed by atoms with Crippen molar-refractivity contribution in [2.75, 3.05) is 33.3 Å². The van der Waals surface area contributed by atoms with Crippen molar-refractivity contribution in [3.63, 3.8) is 0 Å². The molecule has 0 aromatic heterocycles. The minimum absolute atomic E-state index is 0.0170. The average Bonchev–Trinajstić information content (AvgIpc) is 3.30. The van der Waals surface area contributed by atoms with Gasteiger partial charge in [0, 0.05) is 24.4 Å². The first-order valence-electron chi connectivity index (χ1n) is 15.2. The van der Waals surface area contributed by atoms with Gasteiger partial charge in [-0.2, -0.15) is 0 Å². The van der Waals surface area contributed by atoms with Crippen LogP contribution in [0.25, 0.3) is 0 Å². The van der Waals surface area contributed by atoms with Crippen LogP contribution in [0, 0.1) is 11.8 Å². The SMILES string of the molecule is COCc1ccc2c(c1)C1(CCC(Nc3cccc(Cl)c3)(C(=O)OC)CC1)C(C[C@@H](C)COCc1ccc(OC)cc1)C2. The molecular formula is C36H44ClNO5. The number of hydrogen-bond donors (Lipinski definition) is 1. The number of nitrogens with one attached hydrogen (secondary N) is 1. The quantitative estimate of drug-likeness (QED) is 0.213. The standard InChI is InChI=1S/C36H44ClNO5/c1-25(22-43-24-26-9-12-32(41-3)13-10-26)18-29-20-28-11-8-27(23-40-2)19-33(28)35(29)14-16-36(17-15-35,34(39)42-4)38-31-7-5-6-30(37)21-31/h5-13,19,21,25,29,38H,14-18,20,22-24H2,1-4H3/t25-,29?,35?,36?/m1/s1. The summed E-state index contributed by atoms with van der Waals surface area (Å²) in [5, 5.41) is 4.18. The molecule has 7 heteroatoms. The lowest BCUT2D eigenvalue weighted by Crippen LogP contribution is -2.53. The number of methoxy groups -OCH3 is 3. The molecule has 0 saturated heterocycles. The van der Waals surface area contributed by atoms with Gasteiger partial charge in [0.25, 0.3) is 0 Å². The highest BCUT2D eigenvalue weighted by atomic mass is 35.5. The number of anilines is 1. The molecule has 2 aliphatic rings. The normalized spacial score (nSPS) is 23.5. The van der Waals surface area contributed by atoms with E-state index < -0.39 is 5.54 Å². The second-order valence-electron chi connectivity index (χ2n) is 12.4. The molecule has 1 spiro atoms. The monoisotopic (exact) mass is 605 g/mol. The molecule has 2 atom stereocenters. The van der Waals surface area contributed by atoms with Gasteiger partial charge in [-0.25, -0.2) is 4.79 Å². The Bertz CT molecular complexity index is 1380. The predicted octanol–water partition coefficient (Wildman–Crippen LogP) is 7.75. The van der Waals surface area contributed by atoms with E-state index in [4.69, 9.17) is 30.5 Å². The summed E-state index contributed by atoms with van der Waals surface area (Å²) >= 11 is 6.29. The van der Waals surface area contributed by atoms with Crippen LogP contribution in [-0.2, 0) is 44.1 Å². The number of benzene rings is 3. The Morgan fingerprint density at radius 2 is 1.70 bits per heavy atom. The van der Waals surface area contributed by atoms with E-state index in [1.165, 1.54) is 23.8 Å². The van der Waals surface area contributed by atoms with Gasteiger partial charge in [0.1, 0.15) is 11.3 Å². The van der Waals surface area contributed by atoms with Crippen molar-refractivity contribution in [3.8, 4) is 5.75 Å². The third-order valence-corrected chi connectivity index (χ3v) is 9.80. The molecule has 3 aromatic rings. The third kappa shape index (κ3) is 6.87.